The van der Waals surface area contributed by atoms with Crippen LogP contribution in [-0.4, -0.2) is 47.0 Å². The Morgan fingerprint density at radius 3 is 2.20 bits per heavy atom. The molecule has 8 heteroatoms. The molecule has 2 heterocycles. The molecule has 136 valence electrons. The SMILES string of the molecule is Cl.Cl.NC(CC(=O)N1CCN(c2ncccn2)CC1)c1ccccc1. The van der Waals surface area contributed by atoms with E-state index >= 15 is 0 Å². The zero-order valence-corrected chi connectivity index (χ0v) is 15.5. The smallest absolute Gasteiger partial charge is 0.225 e. The number of benzene rings is 1. The fraction of sp³-hybridized carbons (Fsp3) is 0.353. The molecule has 2 aromatic rings. The molecule has 1 aliphatic rings. The Morgan fingerprint density at radius 1 is 1.00 bits per heavy atom. The molecule has 0 spiro atoms. The summed E-state index contributed by atoms with van der Waals surface area (Å²) in [7, 11) is 0. The summed E-state index contributed by atoms with van der Waals surface area (Å²) in [6.07, 6.45) is 3.81. The molecular weight excluding hydrogens is 361 g/mol. The number of carbonyl (C=O) groups excluding carboxylic acids is 1. The lowest BCUT2D eigenvalue weighted by Gasteiger charge is -2.35. The van der Waals surface area contributed by atoms with Crippen LogP contribution in [0.2, 0.25) is 0 Å². The highest BCUT2D eigenvalue weighted by atomic mass is 35.5. The van der Waals surface area contributed by atoms with E-state index in [4.69, 9.17) is 5.73 Å². The number of carbonyl (C=O) groups is 1. The third-order valence-corrected chi connectivity index (χ3v) is 4.09. The first-order chi connectivity index (χ1) is 11.2. The molecule has 2 N–H and O–H groups in total. The first kappa shape index (κ1) is 21.2. The number of hydrogen-bond donors (Lipinski definition) is 1. The summed E-state index contributed by atoms with van der Waals surface area (Å²) < 4.78 is 0. The van der Waals surface area contributed by atoms with Crippen LogP contribution in [0.25, 0.3) is 0 Å². The lowest BCUT2D eigenvalue weighted by atomic mass is 10.0. The number of anilines is 1. The van der Waals surface area contributed by atoms with Gasteiger partial charge in [-0.25, -0.2) is 9.97 Å². The number of hydrogen-bond acceptors (Lipinski definition) is 5. The maximum atomic E-state index is 12.4. The predicted octanol–water partition coefficient (Wildman–Crippen LogP) is 2.06. The topological polar surface area (TPSA) is 75.4 Å². The first-order valence-corrected chi connectivity index (χ1v) is 7.84. The summed E-state index contributed by atoms with van der Waals surface area (Å²) in [6, 6.07) is 11.3. The van der Waals surface area contributed by atoms with Crippen molar-refractivity contribution in [1.82, 2.24) is 14.9 Å². The predicted molar refractivity (Wildman–Crippen MR) is 103 cm³/mol. The monoisotopic (exact) mass is 383 g/mol. The second-order valence-corrected chi connectivity index (χ2v) is 5.64. The molecule has 1 aromatic heterocycles. The largest absolute Gasteiger partial charge is 0.339 e. The Kier molecular flexibility index (Phi) is 8.61. The van der Waals surface area contributed by atoms with Gasteiger partial charge in [-0.15, -0.1) is 24.8 Å². The van der Waals surface area contributed by atoms with Crippen molar-refractivity contribution in [2.24, 2.45) is 5.73 Å². The highest BCUT2D eigenvalue weighted by Gasteiger charge is 2.23. The Bertz CT molecular complexity index is 636. The van der Waals surface area contributed by atoms with Crippen LogP contribution in [0.3, 0.4) is 0 Å². The molecule has 1 atom stereocenters. The number of aromatic nitrogens is 2. The van der Waals surface area contributed by atoms with Crippen LogP contribution in [0.1, 0.15) is 18.0 Å². The molecule has 1 fully saturated rings. The van der Waals surface area contributed by atoms with Gasteiger partial charge in [0.15, 0.2) is 0 Å². The summed E-state index contributed by atoms with van der Waals surface area (Å²) in [4.78, 5) is 24.9. The molecule has 0 aliphatic carbocycles. The van der Waals surface area contributed by atoms with Gasteiger partial charge in [-0.2, -0.15) is 0 Å². The van der Waals surface area contributed by atoms with Gasteiger partial charge in [0.2, 0.25) is 11.9 Å². The summed E-state index contributed by atoms with van der Waals surface area (Å²) in [5.74, 6) is 0.829. The van der Waals surface area contributed by atoms with Crippen molar-refractivity contribution >= 4 is 36.7 Å². The molecule has 25 heavy (non-hydrogen) atoms. The summed E-state index contributed by atoms with van der Waals surface area (Å²) >= 11 is 0. The highest BCUT2D eigenvalue weighted by molar-refractivity contribution is 5.85. The van der Waals surface area contributed by atoms with Crippen molar-refractivity contribution in [1.29, 1.82) is 0 Å². The standard InChI is InChI=1S/C17H21N5O.2ClH/c18-15(14-5-2-1-3-6-14)13-16(23)21-9-11-22(12-10-21)17-19-7-4-8-20-17;;/h1-8,15H,9-13,18H2;2*1H. The summed E-state index contributed by atoms with van der Waals surface area (Å²) in [6.45, 7) is 2.85. The van der Waals surface area contributed by atoms with Gasteiger partial charge in [-0.05, 0) is 11.6 Å². The zero-order chi connectivity index (χ0) is 16.1. The molecule has 1 unspecified atom stereocenters. The van der Waals surface area contributed by atoms with Crippen LogP contribution in [0.5, 0.6) is 0 Å². The van der Waals surface area contributed by atoms with E-state index in [0.717, 1.165) is 24.6 Å². The number of nitrogens with two attached hydrogens (primary N) is 1. The van der Waals surface area contributed by atoms with E-state index in [1.807, 2.05) is 35.2 Å². The van der Waals surface area contributed by atoms with Gasteiger partial charge < -0.3 is 15.5 Å². The third kappa shape index (κ3) is 5.56. The van der Waals surface area contributed by atoms with E-state index in [-0.39, 0.29) is 36.8 Å². The molecule has 6 nitrogen and oxygen atoms in total. The second kappa shape index (κ2) is 10.2. The van der Waals surface area contributed by atoms with Gasteiger partial charge in [0, 0.05) is 51.0 Å². The van der Waals surface area contributed by atoms with E-state index in [9.17, 15) is 4.79 Å². The summed E-state index contributed by atoms with van der Waals surface area (Å²) in [5, 5.41) is 0. The minimum absolute atomic E-state index is 0. The number of rotatable bonds is 4. The molecule has 3 rings (SSSR count). The quantitative estimate of drug-likeness (QED) is 0.874. The van der Waals surface area contributed by atoms with Crippen molar-refractivity contribution < 1.29 is 4.79 Å². The van der Waals surface area contributed by atoms with Gasteiger partial charge in [-0.3, -0.25) is 4.79 Å². The van der Waals surface area contributed by atoms with Gasteiger partial charge in [-0.1, -0.05) is 30.3 Å². The van der Waals surface area contributed by atoms with Gasteiger partial charge in [0.1, 0.15) is 0 Å². The third-order valence-electron chi connectivity index (χ3n) is 4.09. The van der Waals surface area contributed by atoms with Gasteiger partial charge in [0.25, 0.3) is 0 Å². The lowest BCUT2D eigenvalue weighted by molar-refractivity contribution is -0.131. The van der Waals surface area contributed by atoms with E-state index in [2.05, 4.69) is 14.9 Å². The fourth-order valence-corrected chi connectivity index (χ4v) is 2.75. The minimum atomic E-state index is -0.251. The van der Waals surface area contributed by atoms with Crippen molar-refractivity contribution in [2.45, 2.75) is 12.5 Å². The van der Waals surface area contributed by atoms with Crippen LogP contribution in [-0.2, 0) is 4.79 Å². The average molecular weight is 384 g/mol. The summed E-state index contributed by atoms with van der Waals surface area (Å²) in [5.41, 5.74) is 7.14. The normalized spacial score (nSPS) is 14.9. The van der Waals surface area contributed by atoms with E-state index in [1.165, 1.54) is 0 Å². The Morgan fingerprint density at radius 2 is 1.60 bits per heavy atom. The number of nitrogens with zero attached hydrogens (tertiary/aromatic N) is 4. The fourth-order valence-electron chi connectivity index (χ4n) is 2.75. The molecule has 1 aliphatic heterocycles. The van der Waals surface area contributed by atoms with Gasteiger partial charge >= 0.3 is 0 Å². The number of amides is 1. The van der Waals surface area contributed by atoms with Crippen LogP contribution >= 0.6 is 24.8 Å². The molecular formula is C17H23Cl2N5O. The molecule has 0 bridgehead atoms. The maximum absolute atomic E-state index is 12.4. The molecule has 1 aromatic carbocycles. The van der Waals surface area contributed by atoms with Crippen LogP contribution < -0.4 is 10.6 Å². The molecule has 1 saturated heterocycles. The van der Waals surface area contributed by atoms with Crippen LogP contribution in [0.15, 0.2) is 48.8 Å². The van der Waals surface area contributed by atoms with Crippen molar-refractivity contribution in [3.05, 3.63) is 54.4 Å². The molecule has 0 radical (unpaired) electrons. The van der Waals surface area contributed by atoms with Crippen molar-refractivity contribution in [3.63, 3.8) is 0 Å². The Labute approximate surface area is 160 Å². The van der Waals surface area contributed by atoms with Crippen molar-refractivity contribution in [2.75, 3.05) is 31.1 Å². The highest BCUT2D eigenvalue weighted by Crippen LogP contribution is 2.16. The average Bonchev–Trinajstić information content (AvgIpc) is 2.63. The maximum Gasteiger partial charge on any atom is 0.225 e. The molecule has 1 amide bonds. The van der Waals surface area contributed by atoms with E-state index < -0.39 is 0 Å². The Balaban J connectivity index is 0.00000156. The van der Waals surface area contributed by atoms with Crippen LogP contribution in [0.4, 0.5) is 5.95 Å². The minimum Gasteiger partial charge on any atom is -0.339 e. The zero-order valence-electron chi connectivity index (χ0n) is 13.8. The van der Waals surface area contributed by atoms with E-state index in [1.54, 1.807) is 18.5 Å². The van der Waals surface area contributed by atoms with E-state index in [0.29, 0.717) is 19.5 Å². The van der Waals surface area contributed by atoms with Crippen LogP contribution in [0, 0.1) is 0 Å². The second-order valence-electron chi connectivity index (χ2n) is 5.64. The number of halogens is 2. The first-order valence-electron chi connectivity index (χ1n) is 7.84. The Hall–Kier alpha value is -1.89. The van der Waals surface area contributed by atoms with Gasteiger partial charge in [0.05, 0.1) is 0 Å². The van der Waals surface area contributed by atoms with Crippen molar-refractivity contribution in [3.8, 4) is 0 Å². The number of piperazine rings is 1. The molecule has 0 saturated carbocycles. The lowest BCUT2D eigenvalue weighted by Crippen LogP contribution is -2.49.